The van der Waals surface area contributed by atoms with Gasteiger partial charge >= 0.3 is 0 Å². The Balaban J connectivity index is 1.43. The smallest absolute Gasteiger partial charge is 0.254 e. The van der Waals surface area contributed by atoms with Gasteiger partial charge in [-0.15, -0.1) is 5.10 Å². The topological polar surface area (TPSA) is 125 Å². The number of nitrogens with zero attached hydrogens (tertiary/aromatic N) is 8. The van der Waals surface area contributed by atoms with Crippen molar-refractivity contribution < 1.29 is 9.18 Å². The number of aromatic nitrogens is 7. The van der Waals surface area contributed by atoms with Crippen LogP contribution in [0.4, 0.5) is 10.1 Å². The van der Waals surface area contributed by atoms with Crippen LogP contribution >= 0.6 is 11.6 Å². The predicted molar refractivity (Wildman–Crippen MR) is 156 cm³/mol. The summed E-state index contributed by atoms with van der Waals surface area (Å²) in [5.74, 6) is -1.27. The number of aryl methyl sites for hydroxylation is 1. The van der Waals surface area contributed by atoms with E-state index in [1.165, 1.54) is 29.3 Å². The fraction of sp³-hybridized carbons (Fsp3) is 0.345. The molecular weight excluding hydrogens is 561 g/mol. The van der Waals surface area contributed by atoms with Crippen molar-refractivity contribution in [2.75, 3.05) is 5.32 Å². The summed E-state index contributed by atoms with van der Waals surface area (Å²) in [6, 6.07) is 3.91. The van der Waals surface area contributed by atoms with Crippen LogP contribution in [0.1, 0.15) is 50.8 Å². The minimum Gasteiger partial charge on any atom is -0.323 e. The molecule has 6 rings (SSSR count). The quantitative estimate of drug-likeness (QED) is 0.369. The Labute approximate surface area is 245 Å². The predicted octanol–water partition coefficient (Wildman–Crippen LogP) is 4.70. The van der Waals surface area contributed by atoms with Crippen molar-refractivity contribution in [2.24, 2.45) is 23.9 Å². The molecule has 0 aliphatic carbocycles. The molecule has 11 nitrogen and oxygen atoms in total. The second-order valence-electron chi connectivity index (χ2n) is 10.7. The Morgan fingerprint density at radius 3 is 2.76 bits per heavy atom. The molecule has 0 saturated heterocycles. The molecule has 1 N–H and O–H groups in total. The number of rotatable bonds is 3. The van der Waals surface area contributed by atoms with E-state index in [1.54, 1.807) is 33.9 Å². The highest BCUT2D eigenvalue weighted by Gasteiger charge is 2.35. The van der Waals surface area contributed by atoms with Gasteiger partial charge in [-0.3, -0.25) is 23.8 Å². The minimum atomic E-state index is -0.710. The molecule has 13 heteroatoms. The van der Waals surface area contributed by atoms with Crippen LogP contribution < -0.4 is 10.9 Å². The average Bonchev–Trinajstić information content (AvgIpc) is 3.63. The monoisotopic (exact) mass is 589 g/mol. The number of carbonyl (C=O) groups is 1. The second-order valence-corrected chi connectivity index (χ2v) is 11.1. The van der Waals surface area contributed by atoms with Gasteiger partial charge in [0.05, 0.1) is 64.3 Å². The SMILES string of the molecule is CC1C2=NC=CC1c1c(cnn1C)NC(=O)[C@H](C)CCC[C@@H]2n1cnc(-c2c(-n3ccnn3)ccc(Cl)c2F)cc1=O. The van der Waals surface area contributed by atoms with Gasteiger partial charge in [-0.2, -0.15) is 5.10 Å². The van der Waals surface area contributed by atoms with Crippen LogP contribution in [0.25, 0.3) is 16.9 Å². The number of allylic oxidation sites excluding steroid dienone is 1. The normalized spacial score (nSPS) is 22.5. The van der Waals surface area contributed by atoms with Crippen LogP contribution in [0.3, 0.4) is 0 Å². The number of anilines is 1. The van der Waals surface area contributed by atoms with E-state index in [2.05, 4.69) is 32.6 Å². The van der Waals surface area contributed by atoms with Crippen molar-refractivity contribution >= 4 is 28.9 Å². The number of benzene rings is 1. The van der Waals surface area contributed by atoms with E-state index in [1.807, 2.05) is 20.0 Å². The van der Waals surface area contributed by atoms with Crippen LogP contribution in [0.2, 0.25) is 5.02 Å². The average molecular weight is 590 g/mol. The molecule has 5 heterocycles. The first-order chi connectivity index (χ1) is 20.2. The van der Waals surface area contributed by atoms with Gasteiger partial charge in [-0.05, 0) is 25.0 Å². The van der Waals surface area contributed by atoms with Crippen LogP contribution in [0.15, 0.2) is 65.2 Å². The standard InChI is InChI=1S/C29H29ClFN9O2/c1-16-5-4-6-23(27-17(2)18(9-10-32-27)28-21(36-29(16)42)14-35-38(28)3)39-15-33-20(13-24(39)41)25-22(40-12-11-34-37-40)8-7-19(30)26(25)31/h7-18,23H,4-6H2,1-3H3,(H,36,42)/t16-,17?,18?,23+/m1/s1. The maximum Gasteiger partial charge on any atom is 0.254 e. The highest BCUT2D eigenvalue weighted by atomic mass is 35.5. The second kappa shape index (κ2) is 11.1. The fourth-order valence-electron chi connectivity index (χ4n) is 5.87. The number of hydrogen-bond donors (Lipinski definition) is 1. The summed E-state index contributed by atoms with van der Waals surface area (Å²) in [4.78, 5) is 36.1. The lowest BCUT2D eigenvalue weighted by atomic mass is 9.80. The van der Waals surface area contributed by atoms with Gasteiger partial charge in [0.15, 0.2) is 5.82 Å². The first kappa shape index (κ1) is 27.7. The van der Waals surface area contributed by atoms with E-state index >= 15 is 4.39 Å². The number of amides is 1. The van der Waals surface area contributed by atoms with Gasteiger partial charge in [0, 0.05) is 42.8 Å². The Hall–Kier alpha value is -4.45. The third-order valence-electron chi connectivity index (χ3n) is 8.15. The van der Waals surface area contributed by atoms with E-state index in [0.29, 0.717) is 30.6 Å². The Bertz CT molecular complexity index is 1780. The highest BCUT2D eigenvalue weighted by molar-refractivity contribution is 6.31. The maximum absolute atomic E-state index is 15.4. The van der Waals surface area contributed by atoms with Gasteiger partial charge in [0.2, 0.25) is 5.91 Å². The Morgan fingerprint density at radius 1 is 1.17 bits per heavy atom. The number of hydrogen-bond acceptors (Lipinski definition) is 7. The zero-order chi connectivity index (χ0) is 29.5. The van der Waals surface area contributed by atoms with Crippen LogP contribution in [0, 0.1) is 17.7 Å². The van der Waals surface area contributed by atoms with E-state index < -0.39 is 11.9 Å². The fourth-order valence-corrected chi connectivity index (χ4v) is 6.03. The van der Waals surface area contributed by atoms with Gasteiger partial charge < -0.3 is 5.32 Å². The van der Waals surface area contributed by atoms with Crippen molar-refractivity contribution in [1.29, 1.82) is 0 Å². The zero-order valence-corrected chi connectivity index (χ0v) is 24.0. The van der Waals surface area contributed by atoms with Crippen molar-refractivity contribution in [3.05, 3.63) is 82.3 Å². The number of aliphatic imine (C=N–C) groups is 1. The minimum absolute atomic E-state index is 0.0471. The lowest BCUT2D eigenvalue weighted by molar-refractivity contribution is -0.119. The summed E-state index contributed by atoms with van der Waals surface area (Å²) >= 11 is 6.12. The van der Waals surface area contributed by atoms with Gasteiger partial charge in [0.1, 0.15) is 0 Å². The molecule has 42 heavy (non-hydrogen) atoms. The number of halogens is 2. The third-order valence-corrected chi connectivity index (χ3v) is 8.45. The zero-order valence-electron chi connectivity index (χ0n) is 23.3. The Kier molecular flexibility index (Phi) is 7.31. The summed E-state index contributed by atoms with van der Waals surface area (Å²) in [6.07, 6.45) is 11.7. The number of fused-ring (bicyclic) bond motifs is 4. The molecule has 216 valence electrons. The summed E-state index contributed by atoms with van der Waals surface area (Å²) in [6.45, 7) is 3.95. The molecule has 0 radical (unpaired) electrons. The molecule has 2 aliphatic heterocycles. The lowest BCUT2D eigenvalue weighted by Crippen LogP contribution is -2.36. The van der Waals surface area contributed by atoms with Gasteiger partial charge in [-0.25, -0.2) is 14.1 Å². The maximum atomic E-state index is 15.4. The van der Waals surface area contributed by atoms with Crippen molar-refractivity contribution in [2.45, 2.75) is 45.1 Å². The van der Waals surface area contributed by atoms with Crippen molar-refractivity contribution in [3.63, 3.8) is 0 Å². The highest BCUT2D eigenvalue weighted by Crippen LogP contribution is 2.39. The first-order valence-electron chi connectivity index (χ1n) is 13.7. The van der Waals surface area contributed by atoms with E-state index in [9.17, 15) is 9.59 Å². The first-order valence-corrected chi connectivity index (χ1v) is 14.1. The summed E-state index contributed by atoms with van der Waals surface area (Å²) in [5.41, 5.74) is 2.51. The van der Waals surface area contributed by atoms with E-state index in [-0.39, 0.29) is 45.5 Å². The molecule has 1 aromatic carbocycles. The van der Waals surface area contributed by atoms with Crippen molar-refractivity contribution in [3.8, 4) is 16.9 Å². The van der Waals surface area contributed by atoms with Crippen molar-refractivity contribution in [1.82, 2.24) is 34.3 Å². The third kappa shape index (κ3) is 4.85. The molecule has 1 amide bonds. The summed E-state index contributed by atoms with van der Waals surface area (Å²) < 4.78 is 20.1. The lowest BCUT2D eigenvalue weighted by Gasteiger charge is -2.32. The summed E-state index contributed by atoms with van der Waals surface area (Å²) in [7, 11) is 1.85. The molecule has 0 saturated carbocycles. The van der Waals surface area contributed by atoms with Crippen LogP contribution in [-0.4, -0.2) is 45.9 Å². The van der Waals surface area contributed by atoms with E-state index in [4.69, 9.17) is 16.6 Å². The molecule has 2 bridgehead atoms. The molecule has 3 aromatic heterocycles. The molecule has 4 atom stereocenters. The molecule has 4 aromatic rings. The molecule has 2 aliphatic rings. The summed E-state index contributed by atoms with van der Waals surface area (Å²) in [5, 5.41) is 15.1. The molecular formula is C29H29ClFN9O2. The van der Waals surface area contributed by atoms with Gasteiger partial charge in [-0.1, -0.05) is 43.2 Å². The molecule has 0 fully saturated rings. The Morgan fingerprint density at radius 2 is 2.00 bits per heavy atom. The molecule has 0 spiro atoms. The number of nitrogens with one attached hydrogen (secondary N) is 1. The molecule has 2 unspecified atom stereocenters. The number of carbonyl (C=O) groups excluding carboxylic acids is 1. The van der Waals surface area contributed by atoms with Crippen LogP contribution in [-0.2, 0) is 11.8 Å². The largest absolute Gasteiger partial charge is 0.323 e. The van der Waals surface area contributed by atoms with E-state index in [0.717, 1.165) is 11.4 Å². The van der Waals surface area contributed by atoms with Gasteiger partial charge in [0.25, 0.3) is 5.56 Å². The van der Waals surface area contributed by atoms with Crippen LogP contribution in [0.5, 0.6) is 0 Å².